The molecule has 0 radical (unpaired) electrons. The number of halogens is 1. The van der Waals surface area contributed by atoms with Crippen molar-refractivity contribution in [2.24, 2.45) is 5.73 Å². The molecule has 0 bridgehead atoms. The van der Waals surface area contributed by atoms with Gasteiger partial charge in [-0.3, -0.25) is 9.89 Å². The molecule has 0 atom stereocenters. The number of rotatable bonds is 4. The van der Waals surface area contributed by atoms with Crippen molar-refractivity contribution < 1.29 is 0 Å². The Labute approximate surface area is 108 Å². The molecule has 0 fully saturated rings. The van der Waals surface area contributed by atoms with E-state index in [1.165, 1.54) is 4.68 Å². The summed E-state index contributed by atoms with van der Waals surface area (Å²) in [4.78, 5) is 12.1. The first-order valence-corrected chi connectivity index (χ1v) is 6.27. The first-order valence-electron chi connectivity index (χ1n) is 5.47. The molecule has 0 saturated heterocycles. The Hall–Kier alpha value is -1.33. The molecule has 0 aliphatic heterocycles. The lowest BCUT2D eigenvalue weighted by molar-refractivity contribution is 0.816. The monoisotopic (exact) mass is 295 g/mol. The Bertz CT molecular complexity index is 559. The number of benzene rings is 1. The summed E-state index contributed by atoms with van der Waals surface area (Å²) in [6.45, 7) is 0.599. The van der Waals surface area contributed by atoms with Crippen LogP contribution in [0.15, 0.2) is 39.7 Å². The molecule has 1 aromatic heterocycles. The Balaban J connectivity index is 2.34. The molecule has 5 heteroatoms. The molecule has 0 spiro atoms. The van der Waals surface area contributed by atoms with Crippen LogP contribution in [0, 0.1) is 0 Å². The average molecular weight is 296 g/mol. The zero-order valence-corrected chi connectivity index (χ0v) is 10.9. The number of aryl methyl sites for hydroxylation is 1. The minimum atomic E-state index is -0.00319. The molecule has 1 aromatic carbocycles. The number of aromatic amines is 1. The standard InChI is InChI=1S/C12H14BrN3O/c13-10-4-1-5-11(7-10)16-12(17)9(8-15-16)3-2-6-14/h1,4-5,7-8,15H,2-3,6,14H2. The average Bonchev–Trinajstić information content (AvgIpc) is 2.68. The summed E-state index contributed by atoms with van der Waals surface area (Å²) in [6.07, 6.45) is 3.29. The van der Waals surface area contributed by atoms with Gasteiger partial charge in [0.1, 0.15) is 0 Å². The molecule has 0 aliphatic rings. The van der Waals surface area contributed by atoms with Gasteiger partial charge in [0.15, 0.2) is 0 Å². The van der Waals surface area contributed by atoms with Crippen molar-refractivity contribution in [1.82, 2.24) is 9.78 Å². The van der Waals surface area contributed by atoms with Gasteiger partial charge in [0, 0.05) is 16.2 Å². The van der Waals surface area contributed by atoms with E-state index < -0.39 is 0 Å². The van der Waals surface area contributed by atoms with Gasteiger partial charge < -0.3 is 5.73 Å². The number of H-pyrrole nitrogens is 1. The topological polar surface area (TPSA) is 63.8 Å². The normalized spacial score (nSPS) is 10.7. The van der Waals surface area contributed by atoms with Crippen LogP contribution in [-0.2, 0) is 6.42 Å². The lowest BCUT2D eigenvalue weighted by atomic mass is 10.2. The fraction of sp³-hybridized carbons (Fsp3) is 0.250. The Morgan fingerprint density at radius 1 is 1.41 bits per heavy atom. The molecule has 17 heavy (non-hydrogen) atoms. The molecule has 4 nitrogen and oxygen atoms in total. The van der Waals surface area contributed by atoms with Crippen molar-refractivity contribution >= 4 is 15.9 Å². The van der Waals surface area contributed by atoms with Crippen molar-refractivity contribution in [2.45, 2.75) is 12.8 Å². The molecule has 0 unspecified atom stereocenters. The van der Waals surface area contributed by atoms with Crippen LogP contribution in [0.5, 0.6) is 0 Å². The maximum atomic E-state index is 12.1. The third kappa shape index (κ3) is 2.68. The summed E-state index contributed by atoms with van der Waals surface area (Å²) in [5.41, 5.74) is 7.03. The Morgan fingerprint density at radius 2 is 2.24 bits per heavy atom. The van der Waals surface area contributed by atoms with Gasteiger partial charge in [-0.2, -0.15) is 0 Å². The molecular formula is C12H14BrN3O. The number of nitrogens with two attached hydrogens (primary N) is 1. The van der Waals surface area contributed by atoms with Gasteiger partial charge in [0.2, 0.25) is 0 Å². The van der Waals surface area contributed by atoms with E-state index in [9.17, 15) is 4.79 Å². The minimum Gasteiger partial charge on any atom is -0.330 e. The van der Waals surface area contributed by atoms with Crippen LogP contribution in [0.3, 0.4) is 0 Å². The van der Waals surface area contributed by atoms with Crippen molar-refractivity contribution in [3.05, 3.63) is 50.9 Å². The molecule has 1 heterocycles. The maximum Gasteiger partial charge on any atom is 0.274 e. The van der Waals surface area contributed by atoms with Gasteiger partial charge in [0.25, 0.3) is 5.56 Å². The van der Waals surface area contributed by atoms with E-state index in [1.54, 1.807) is 6.20 Å². The summed E-state index contributed by atoms with van der Waals surface area (Å²) < 4.78 is 2.48. The third-order valence-corrected chi connectivity index (χ3v) is 3.06. The molecule has 0 saturated carbocycles. The number of aromatic nitrogens is 2. The maximum absolute atomic E-state index is 12.1. The Morgan fingerprint density at radius 3 is 2.94 bits per heavy atom. The fourth-order valence-electron chi connectivity index (χ4n) is 1.69. The van der Waals surface area contributed by atoms with Gasteiger partial charge in [-0.25, -0.2) is 4.68 Å². The van der Waals surface area contributed by atoms with E-state index in [1.807, 2.05) is 24.3 Å². The van der Waals surface area contributed by atoms with E-state index in [-0.39, 0.29) is 5.56 Å². The van der Waals surface area contributed by atoms with Crippen LogP contribution in [0.25, 0.3) is 5.69 Å². The summed E-state index contributed by atoms with van der Waals surface area (Å²) >= 11 is 3.39. The molecule has 2 aromatic rings. The first kappa shape index (κ1) is 12.1. The zero-order chi connectivity index (χ0) is 12.3. The highest BCUT2D eigenvalue weighted by molar-refractivity contribution is 9.10. The predicted octanol–water partition coefficient (Wildman–Crippen LogP) is 1.82. The van der Waals surface area contributed by atoms with Gasteiger partial charge in [-0.05, 0) is 37.6 Å². The van der Waals surface area contributed by atoms with Crippen LogP contribution >= 0.6 is 15.9 Å². The van der Waals surface area contributed by atoms with Crippen LogP contribution in [-0.4, -0.2) is 16.3 Å². The molecular weight excluding hydrogens is 282 g/mol. The van der Waals surface area contributed by atoms with E-state index >= 15 is 0 Å². The van der Waals surface area contributed by atoms with E-state index in [2.05, 4.69) is 21.0 Å². The number of hydrogen-bond acceptors (Lipinski definition) is 2. The smallest absolute Gasteiger partial charge is 0.274 e. The van der Waals surface area contributed by atoms with Crippen molar-refractivity contribution in [3.63, 3.8) is 0 Å². The SMILES string of the molecule is NCCCc1c[nH]n(-c2cccc(Br)c2)c1=O. The summed E-state index contributed by atoms with van der Waals surface area (Å²) in [7, 11) is 0. The molecule has 90 valence electrons. The van der Waals surface area contributed by atoms with Gasteiger partial charge in [-0.1, -0.05) is 22.0 Å². The second-order valence-corrected chi connectivity index (χ2v) is 4.73. The lowest BCUT2D eigenvalue weighted by Crippen LogP contribution is -2.17. The zero-order valence-electron chi connectivity index (χ0n) is 9.32. The summed E-state index contributed by atoms with van der Waals surface area (Å²) in [6, 6.07) is 7.60. The van der Waals surface area contributed by atoms with Gasteiger partial charge in [-0.15, -0.1) is 0 Å². The van der Waals surface area contributed by atoms with Crippen LogP contribution in [0.2, 0.25) is 0 Å². The van der Waals surface area contributed by atoms with Crippen molar-refractivity contribution in [1.29, 1.82) is 0 Å². The van der Waals surface area contributed by atoms with E-state index in [0.29, 0.717) is 13.0 Å². The number of nitrogens with one attached hydrogen (secondary N) is 1. The predicted molar refractivity (Wildman–Crippen MR) is 71.5 cm³/mol. The second-order valence-electron chi connectivity index (χ2n) is 3.81. The molecule has 3 N–H and O–H groups in total. The van der Waals surface area contributed by atoms with E-state index in [4.69, 9.17) is 5.73 Å². The second kappa shape index (κ2) is 5.33. The first-order chi connectivity index (χ1) is 8.22. The van der Waals surface area contributed by atoms with Crippen molar-refractivity contribution in [2.75, 3.05) is 6.54 Å². The van der Waals surface area contributed by atoms with Crippen LogP contribution in [0.4, 0.5) is 0 Å². The number of hydrogen-bond donors (Lipinski definition) is 2. The molecule has 0 aliphatic carbocycles. The summed E-state index contributed by atoms with van der Waals surface area (Å²) in [5.74, 6) is 0. The third-order valence-electron chi connectivity index (χ3n) is 2.56. The highest BCUT2D eigenvalue weighted by atomic mass is 79.9. The highest BCUT2D eigenvalue weighted by Crippen LogP contribution is 2.13. The number of nitrogens with zero attached hydrogens (tertiary/aromatic N) is 1. The largest absolute Gasteiger partial charge is 0.330 e. The van der Waals surface area contributed by atoms with Crippen LogP contribution in [0.1, 0.15) is 12.0 Å². The highest BCUT2D eigenvalue weighted by Gasteiger charge is 2.07. The quantitative estimate of drug-likeness (QED) is 0.904. The van der Waals surface area contributed by atoms with E-state index in [0.717, 1.165) is 22.1 Å². The van der Waals surface area contributed by atoms with Crippen LogP contribution < -0.4 is 11.3 Å². The Kier molecular flexibility index (Phi) is 3.81. The van der Waals surface area contributed by atoms with Crippen molar-refractivity contribution in [3.8, 4) is 5.69 Å². The fourth-order valence-corrected chi connectivity index (χ4v) is 2.07. The summed E-state index contributed by atoms with van der Waals surface area (Å²) in [5, 5.41) is 2.97. The minimum absolute atomic E-state index is 0.00319. The van der Waals surface area contributed by atoms with Gasteiger partial charge >= 0.3 is 0 Å². The molecule has 0 amide bonds. The lowest BCUT2D eigenvalue weighted by Gasteiger charge is -2.01. The molecule has 2 rings (SSSR count). The van der Waals surface area contributed by atoms with Gasteiger partial charge in [0.05, 0.1) is 5.69 Å².